The summed E-state index contributed by atoms with van der Waals surface area (Å²) in [7, 11) is 0. The summed E-state index contributed by atoms with van der Waals surface area (Å²) in [5.74, 6) is 0.693. The van der Waals surface area contributed by atoms with Crippen LogP contribution in [0.4, 0.5) is 0 Å². The van der Waals surface area contributed by atoms with E-state index < -0.39 is 0 Å². The van der Waals surface area contributed by atoms with Gasteiger partial charge in [-0.3, -0.25) is 4.57 Å². The average Bonchev–Trinajstić information content (AvgIpc) is 2.27. The second-order valence-electron chi connectivity index (χ2n) is 4.91. The quantitative estimate of drug-likeness (QED) is 0.732. The minimum Gasteiger partial charge on any atom is -0.316 e. The van der Waals surface area contributed by atoms with Crippen molar-refractivity contribution in [1.29, 1.82) is 0 Å². The molecular formula is C13H23N3O. The van der Waals surface area contributed by atoms with E-state index >= 15 is 0 Å². The van der Waals surface area contributed by atoms with Crippen LogP contribution in [0.3, 0.4) is 0 Å². The van der Waals surface area contributed by atoms with Gasteiger partial charge in [0.15, 0.2) is 0 Å². The maximum Gasteiger partial charge on any atom is 0.347 e. The fraction of sp³-hybridized carbons (Fsp3) is 0.692. The van der Waals surface area contributed by atoms with Gasteiger partial charge in [-0.1, -0.05) is 13.8 Å². The van der Waals surface area contributed by atoms with Crippen LogP contribution in [0.5, 0.6) is 0 Å². The highest BCUT2D eigenvalue weighted by molar-refractivity contribution is 4.99. The van der Waals surface area contributed by atoms with Crippen LogP contribution in [0, 0.1) is 12.8 Å². The lowest BCUT2D eigenvalue weighted by Crippen LogP contribution is -2.24. The van der Waals surface area contributed by atoms with Crippen molar-refractivity contribution in [1.82, 2.24) is 14.9 Å². The number of nitrogens with one attached hydrogen (secondary N) is 1. The molecule has 0 aliphatic heterocycles. The van der Waals surface area contributed by atoms with E-state index in [9.17, 15) is 4.79 Å². The Morgan fingerprint density at radius 2 is 2.18 bits per heavy atom. The van der Waals surface area contributed by atoms with Crippen LogP contribution < -0.4 is 11.0 Å². The minimum atomic E-state index is -0.147. The first kappa shape index (κ1) is 13.9. The number of unbranched alkanes of at least 4 members (excludes halogenated alkanes) is 1. The molecule has 0 saturated heterocycles. The molecule has 0 spiro atoms. The molecular weight excluding hydrogens is 214 g/mol. The van der Waals surface area contributed by atoms with Crippen molar-refractivity contribution in [2.24, 2.45) is 5.92 Å². The summed E-state index contributed by atoms with van der Waals surface area (Å²) < 4.78 is 1.69. The van der Waals surface area contributed by atoms with E-state index in [1.54, 1.807) is 10.8 Å². The van der Waals surface area contributed by atoms with E-state index in [4.69, 9.17) is 0 Å². The Kier molecular flexibility index (Phi) is 5.91. The zero-order chi connectivity index (χ0) is 12.7. The maximum atomic E-state index is 11.4. The number of aryl methyl sites for hydroxylation is 2. The smallest absolute Gasteiger partial charge is 0.316 e. The highest BCUT2D eigenvalue weighted by atomic mass is 16.1. The van der Waals surface area contributed by atoms with Crippen LogP contribution >= 0.6 is 0 Å². The highest BCUT2D eigenvalue weighted by Gasteiger charge is 1.97. The summed E-state index contributed by atoms with van der Waals surface area (Å²) in [6, 6.07) is 0. The third kappa shape index (κ3) is 5.63. The van der Waals surface area contributed by atoms with E-state index in [2.05, 4.69) is 24.1 Å². The highest BCUT2D eigenvalue weighted by Crippen LogP contribution is 1.95. The third-order valence-corrected chi connectivity index (χ3v) is 2.54. The van der Waals surface area contributed by atoms with Crippen molar-refractivity contribution in [2.75, 3.05) is 13.1 Å². The van der Waals surface area contributed by atoms with Gasteiger partial charge >= 0.3 is 5.69 Å². The van der Waals surface area contributed by atoms with Crippen molar-refractivity contribution in [3.05, 3.63) is 28.4 Å². The van der Waals surface area contributed by atoms with Crippen molar-refractivity contribution < 1.29 is 0 Å². The Labute approximate surface area is 103 Å². The monoisotopic (exact) mass is 237 g/mol. The van der Waals surface area contributed by atoms with Gasteiger partial charge in [-0.25, -0.2) is 9.78 Å². The van der Waals surface area contributed by atoms with Crippen molar-refractivity contribution in [3.63, 3.8) is 0 Å². The number of rotatable bonds is 7. The lowest BCUT2D eigenvalue weighted by atomic mass is 10.2. The number of nitrogens with zero attached hydrogens (tertiary/aromatic N) is 2. The normalized spacial score (nSPS) is 11.1. The molecule has 1 rings (SSSR count). The van der Waals surface area contributed by atoms with Crippen LogP contribution in [0.15, 0.2) is 17.2 Å². The topological polar surface area (TPSA) is 46.9 Å². The molecule has 0 radical (unpaired) electrons. The predicted octanol–water partition coefficient (Wildman–Crippen LogP) is 1.58. The van der Waals surface area contributed by atoms with Crippen LogP contribution in [-0.2, 0) is 6.54 Å². The van der Waals surface area contributed by atoms with Crippen LogP contribution in [0.2, 0.25) is 0 Å². The Morgan fingerprint density at radius 3 is 2.88 bits per heavy atom. The molecule has 0 saturated carbocycles. The first-order chi connectivity index (χ1) is 8.09. The zero-order valence-corrected chi connectivity index (χ0v) is 11.1. The van der Waals surface area contributed by atoms with Crippen molar-refractivity contribution in [3.8, 4) is 0 Å². The second kappa shape index (κ2) is 7.22. The molecule has 1 N–H and O–H groups in total. The predicted molar refractivity (Wildman–Crippen MR) is 70.2 cm³/mol. The van der Waals surface area contributed by atoms with Gasteiger partial charge in [-0.15, -0.1) is 0 Å². The van der Waals surface area contributed by atoms with E-state index in [0.717, 1.165) is 38.0 Å². The van der Waals surface area contributed by atoms with Crippen molar-refractivity contribution >= 4 is 0 Å². The van der Waals surface area contributed by atoms with Gasteiger partial charge < -0.3 is 5.32 Å². The number of aromatic nitrogens is 2. The first-order valence-electron chi connectivity index (χ1n) is 6.33. The molecule has 0 bridgehead atoms. The average molecular weight is 237 g/mol. The molecule has 0 amide bonds. The van der Waals surface area contributed by atoms with Gasteiger partial charge in [-0.05, 0) is 44.3 Å². The summed E-state index contributed by atoms with van der Waals surface area (Å²) >= 11 is 0. The molecule has 0 aromatic carbocycles. The Balaban J connectivity index is 2.22. The Morgan fingerprint density at radius 1 is 1.41 bits per heavy atom. The van der Waals surface area contributed by atoms with Gasteiger partial charge in [0.1, 0.15) is 0 Å². The molecule has 4 heteroatoms. The van der Waals surface area contributed by atoms with Gasteiger partial charge in [0.25, 0.3) is 0 Å². The molecule has 1 aromatic heterocycles. The number of hydrogen-bond acceptors (Lipinski definition) is 3. The fourth-order valence-electron chi connectivity index (χ4n) is 1.65. The molecule has 4 nitrogen and oxygen atoms in total. The summed E-state index contributed by atoms with van der Waals surface area (Å²) in [5, 5.41) is 3.39. The lowest BCUT2D eigenvalue weighted by Gasteiger charge is -2.08. The molecule has 0 aliphatic rings. The third-order valence-electron chi connectivity index (χ3n) is 2.54. The zero-order valence-electron chi connectivity index (χ0n) is 11.1. The summed E-state index contributed by atoms with van der Waals surface area (Å²) in [4.78, 5) is 15.2. The van der Waals surface area contributed by atoms with Gasteiger partial charge in [0.05, 0.1) is 0 Å². The molecule has 0 atom stereocenters. The Bertz CT molecular complexity index is 384. The SMILES string of the molecule is Cc1cnc(=O)n(CCCCNCC(C)C)c1. The van der Waals surface area contributed by atoms with Gasteiger partial charge in [-0.2, -0.15) is 0 Å². The van der Waals surface area contributed by atoms with Gasteiger partial charge in [0, 0.05) is 18.9 Å². The molecule has 1 aromatic rings. The molecule has 1 heterocycles. The van der Waals surface area contributed by atoms with E-state index in [1.165, 1.54) is 0 Å². The largest absolute Gasteiger partial charge is 0.347 e. The van der Waals surface area contributed by atoms with Gasteiger partial charge in [0.2, 0.25) is 0 Å². The first-order valence-corrected chi connectivity index (χ1v) is 6.33. The van der Waals surface area contributed by atoms with Crippen LogP contribution in [0.1, 0.15) is 32.3 Å². The number of hydrogen-bond donors (Lipinski definition) is 1. The van der Waals surface area contributed by atoms with Crippen LogP contribution in [-0.4, -0.2) is 22.6 Å². The fourth-order valence-corrected chi connectivity index (χ4v) is 1.65. The maximum absolute atomic E-state index is 11.4. The molecule has 0 aliphatic carbocycles. The molecule has 96 valence electrons. The van der Waals surface area contributed by atoms with E-state index in [-0.39, 0.29) is 5.69 Å². The van der Waals surface area contributed by atoms with E-state index in [0.29, 0.717) is 5.92 Å². The molecule has 0 unspecified atom stereocenters. The molecule has 17 heavy (non-hydrogen) atoms. The Hall–Kier alpha value is -1.16. The summed E-state index contributed by atoms with van der Waals surface area (Å²) in [6.45, 7) is 9.19. The summed E-state index contributed by atoms with van der Waals surface area (Å²) in [5.41, 5.74) is 0.883. The van der Waals surface area contributed by atoms with Crippen LogP contribution in [0.25, 0.3) is 0 Å². The lowest BCUT2D eigenvalue weighted by molar-refractivity contribution is 0.513. The minimum absolute atomic E-state index is 0.147. The standard InChI is InChI=1S/C13H23N3O/c1-11(2)8-14-6-4-5-7-16-10-12(3)9-15-13(16)17/h9-11,14H,4-8H2,1-3H3. The van der Waals surface area contributed by atoms with Crippen molar-refractivity contribution in [2.45, 2.75) is 40.2 Å². The van der Waals surface area contributed by atoms with E-state index in [1.807, 2.05) is 13.1 Å². The second-order valence-corrected chi connectivity index (χ2v) is 4.91. The summed E-state index contributed by atoms with van der Waals surface area (Å²) in [6.07, 6.45) is 5.59. The molecule has 0 fully saturated rings.